The maximum Gasteiger partial charge on any atom is 0.272 e. The molecular formula is C19H28N4O3S. The zero-order valence-corrected chi connectivity index (χ0v) is 16.9. The minimum absolute atomic E-state index is 0.0273. The third-order valence-electron chi connectivity index (χ3n) is 5.26. The van der Waals surface area contributed by atoms with Gasteiger partial charge in [-0.2, -0.15) is 0 Å². The molecule has 1 aromatic heterocycles. The Morgan fingerprint density at radius 2 is 2.15 bits per heavy atom. The van der Waals surface area contributed by atoms with Crippen LogP contribution in [-0.2, 0) is 9.84 Å². The molecule has 1 saturated heterocycles. The number of allylic oxidation sites excluding steroid dienone is 1. The van der Waals surface area contributed by atoms with E-state index in [0.29, 0.717) is 23.8 Å². The van der Waals surface area contributed by atoms with Crippen molar-refractivity contribution in [3.8, 4) is 0 Å². The highest BCUT2D eigenvalue weighted by Gasteiger charge is 2.33. The molecule has 0 radical (unpaired) electrons. The Morgan fingerprint density at radius 3 is 2.81 bits per heavy atom. The van der Waals surface area contributed by atoms with Crippen molar-refractivity contribution < 1.29 is 13.2 Å². The van der Waals surface area contributed by atoms with E-state index in [4.69, 9.17) is 0 Å². The molecular weight excluding hydrogens is 364 g/mol. The van der Waals surface area contributed by atoms with Crippen LogP contribution in [0.2, 0.25) is 0 Å². The van der Waals surface area contributed by atoms with Crippen LogP contribution in [-0.4, -0.2) is 60.3 Å². The van der Waals surface area contributed by atoms with Crippen LogP contribution in [0.15, 0.2) is 17.7 Å². The highest BCUT2D eigenvalue weighted by atomic mass is 32.2. The second kappa shape index (κ2) is 8.37. The molecule has 0 saturated carbocycles. The fourth-order valence-corrected chi connectivity index (χ4v) is 5.43. The maximum atomic E-state index is 12.8. The first-order chi connectivity index (χ1) is 12.8. The van der Waals surface area contributed by atoms with E-state index in [1.165, 1.54) is 23.3 Å². The second-order valence-corrected chi connectivity index (χ2v) is 9.70. The number of anilines is 1. The Balaban J connectivity index is 1.63. The Kier molecular flexibility index (Phi) is 6.14. The Morgan fingerprint density at radius 1 is 1.33 bits per heavy atom. The first kappa shape index (κ1) is 19.8. The number of hydrogen-bond acceptors (Lipinski definition) is 6. The van der Waals surface area contributed by atoms with Gasteiger partial charge in [0.25, 0.3) is 5.91 Å². The van der Waals surface area contributed by atoms with Gasteiger partial charge in [-0.15, -0.1) is 0 Å². The van der Waals surface area contributed by atoms with E-state index in [2.05, 4.69) is 21.4 Å². The van der Waals surface area contributed by atoms with E-state index in [1.54, 1.807) is 13.1 Å². The Bertz CT molecular complexity index is 835. The molecule has 1 atom stereocenters. The summed E-state index contributed by atoms with van der Waals surface area (Å²) in [5.41, 5.74) is 2.48. The van der Waals surface area contributed by atoms with Gasteiger partial charge in [0.2, 0.25) is 5.95 Å². The SMILES string of the molecule is Cc1cc(C(=O)N(C)C2CCS(=O)(=O)C2)nc(NCCC2=CCCCC2)n1. The number of nitrogens with one attached hydrogen (secondary N) is 1. The first-order valence-electron chi connectivity index (χ1n) is 9.59. The van der Waals surface area contributed by atoms with Crippen LogP contribution in [0.3, 0.4) is 0 Å². The molecule has 1 aliphatic carbocycles. The predicted octanol–water partition coefficient (Wildman–Crippen LogP) is 2.35. The van der Waals surface area contributed by atoms with Gasteiger partial charge in [-0.1, -0.05) is 11.6 Å². The zero-order chi connectivity index (χ0) is 19.4. The molecule has 0 bridgehead atoms. The maximum absolute atomic E-state index is 12.8. The molecule has 2 aliphatic rings. The molecule has 3 rings (SSSR count). The number of hydrogen-bond donors (Lipinski definition) is 1. The molecule has 148 valence electrons. The van der Waals surface area contributed by atoms with E-state index < -0.39 is 9.84 Å². The topological polar surface area (TPSA) is 92.3 Å². The van der Waals surface area contributed by atoms with E-state index in [9.17, 15) is 13.2 Å². The standard InChI is InChI=1S/C19H28N4O3S/c1-14-12-17(18(24)23(2)16-9-11-27(25,26)13-16)22-19(21-14)20-10-8-15-6-4-3-5-7-15/h6,12,16H,3-5,7-11,13H2,1-2H3,(H,20,21,22). The van der Waals surface area contributed by atoms with Gasteiger partial charge >= 0.3 is 0 Å². The van der Waals surface area contributed by atoms with Gasteiger partial charge < -0.3 is 10.2 Å². The molecule has 27 heavy (non-hydrogen) atoms. The Hall–Kier alpha value is -1.96. The highest BCUT2D eigenvalue weighted by molar-refractivity contribution is 7.91. The lowest BCUT2D eigenvalue weighted by atomic mass is 9.97. The average molecular weight is 393 g/mol. The normalized spacial score (nSPS) is 21.6. The summed E-state index contributed by atoms with van der Waals surface area (Å²) in [6.45, 7) is 2.56. The average Bonchev–Trinajstić information content (AvgIpc) is 3.01. The van der Waals surface area contributed by atoms with Crippen molar-refractivity contribution in [2.45, 2.75) is 51.5 Å². The minimum Gasteiger partial charge on any atom is -0.354 e. The number of sulfone groups is 1. The summed E-state index contributed by atoms with van der Waals surface area (Å²) in [6.07, 6.45) is 8.62. The monoisotopic (exact) mass is 392 g/mol. The summed E-state index contributed by atoms with van der Waals surface area (Å²) >= 11 is 0. The van der Waals surface area contributed by atoms with E-state index >= 15 is 0 Å². The summed E-state index contributed by atoms with van der Waals surface area (Å²) < 4.78 is 23.4. The number of carbonyl (C=O) groups is 1. The number of carbonyl (C=O) groups excluding carboxylic acids is 1. The quantitative estimate of drug-likeness (QED) is 0.747. The summed E-state index contributed by atoms with van der Waals surface area (Å²) in [5, 5.41) is 3.22. The van der Waals surface area contributed by atoms with Gasteiger partial charge in [-0.3, -0.25) is 4.79 Å². The largest absolute Gasteiger partial charge is 0.354 e. The van der Waals surface area contributed by atoms with Gasteiger partial charge in [-0.05, 0) is 51.5 Å². The summed E-state index contributed by atoms with van der Waals surface area (Å²) in [7, 11) is -1.39. The predicted molar refractivity (Wildman–Crippen MR) is 106 cm³/mol. The van der Waals surface area contributed by atoms with Crippen molar-refractivity contribution in [1.82, 2.24) is 14.9 Å². The summed E-state index contributed by atoms with van der Waals surface area (Å²) in [5.74, 6) is 0.350. The molecule has 0 spiro atoms. The van der Waals surface area contributed by atoms with Crippen molar-refractivity contribution in [3.05, 3.63) is 29.1 Å². The van der Waals surface area contributed by atoms with Gasteiger partial charge in [0.15, 0.2) is 9.84 Å². The van der Waals surface area contributed by atoms with Crippen LogP contribution >= 0.6 is 0 Å². The Labute approximate surface area is 161 Å². The molecule has 2 heterocycles. The van der Waals surface area contributed by atoms with Crippen molar-refractivity contribution in [2.24, 2.45) is 0 Å². The van der Waals surface area contributed by atoms with Crippen molar-refractivity contribution in [2.75, 3.05) is 30.4 Å². The van der Waals surface area contributed by atoms with Gasteiger partial charge in [0.05, 0.1) is 11.5 Å². The summed E-state index contributed by atoms with van der Waals surface area (Å²) in [6, 6.07) is 1.37. The van der Waals surface area contributed by atoms with Crippen LogP contribution in [0.1, 0.15) is 54.7 Å². The van der Waals surface area contributed by atoms with Crippen LogP contribution in [0.25, 0.3) is 0 Å². The molecule has 1 aromatic rings. The third-order valence-corrected chi connectivity index (χ3v) is 7.01. The molecule has 7 nitrogen and oxygen atoms in total. The van der Waals surface area contributed by atoms with Gasteiger partial charge in [0, 0.05) is 25.3 Å². The van der Waals surface area contributed by atoms with E-state index in [-0.39, 0.29) is 23.5 Å². The lowest BCUT2D eigenvalue weighted by molar-refractivity contribution is 0.0741. The molecule has 8 heteroatoms. The van der Waals surface area contributed by atoms with Crippen molar-refractivity contribution in [3.63, 3.8) is 0 Å². The van der Waals surface area contributed by atoms with Crippen LogP contribution in [0.4, 0.5) is 5.95 Å². The molecule has 1 unspecified atom stereocenters. The van der Waals surface area contributed by atoms with Crippen LogP contribution in [0.5, 0.6) is 0 Å². The lowest BCUT2D eigenvalue weighted by Gasteiger charge is -2.23. The fraction of sp³-hybridized carbons (Fsp3) is 0.632. The molecule has 1 N–H and O–H groups in total. The fourth-order valence-electron chi connectivity index (χ4n) is 3.65. The van der Waals surface area contributed by atoms with E-state index in [0.717, 1.165) is 25.8 Å². The minimum atomic E-state index is -3.04. The summed E-state index contributed by atoms with van der Waals surface area (Å²) in [4.78, 5) is 23.0. The second-order valence-electron chi connectivity index (χ2n) is 7.48. The molecule has 1 fully saturated rings. The third kappa shape index (κ3) is 5.28. The van der Waals surface area contributed by atoms with Crippen LogP contribution in [0, 0.1) is 6.92 Å². The van der Waals surface area contributed by atoms with Gasteiger partial charge in [-0.25, -0.2) is 18.4 Å². The number of rotatable bonds is 6. The van der Waals surface area contributed by atoms with E-state index in [1.807, 2.05) is 6.92 Å². The smallest absolute Gasteiger partial charge is 0.272 e. The molecule has 0 aromatic carbocycles. The number of aromatic nitrogens is 2. The number of aryl methyl sites for hydroxylation is 1. The van der Waals surface area contributed by atoms with Crippen LogP contribution < -0.4 is 5.32 Å². The lowest BCUT2D eigenvalue weighted by Crippen LogP contribution is -2.38. The first-order valence-corrected chi connectivity index (χ1v) is 11.4. The number of nitrogens with zero attached hydrogens (tertiary/aromatic N) is 3. The van der Waals surface area contributed by atoms with Gasteiger partial charge in [0.1, 0.15) is 5.69 Å². The highest BCUT2D eigenvalue weighted by Crippen LogP contribution is 2.21. The van der Waals surface area contributed by atoms with Crippen molar-refractivity contribution in [1.29, 1.82) is 0 Å². The molecule has 1 amide bonds. The molecule has 1 aliphatic heterocycles. The zero-order valence-electron chi connectivity index (χ0n) is 16.1. The van der Waals surface area contributed by atoms with Crippen molar-refractivity contribution >= 4 is 21.7 Å². The number of amides is 1.